The fraction of sp³-hybridized carbons (Fsp3) is 0.0625. The summed E-state index contributed by atoms with van der Waals surface area (Å²) in [5.74, 6) is -0.928. The number of nitrogens with one attached hydrogen (secondary N) is 1. The molecular formula is C16H11F2N3OS2. The van der Waals surface area contributed by atoms with E-state index in [1.807, 2.05) is 6.07 Å². The zero-order chi connectivity index (χ0) is 16.9. The number of rotatable bonds is 5. The van der Waals surface area contributed by atoms with Crippen molar-refractivity contribution in [2.24, 2.45) is 0 Å². The number of hydrogen-bond acceptors (Lipinski definition) is 5. The summed E-state index contributed by atoms with van der Waals surface area (Å²) in [6.07, 6.45) is 0. The molecule has 24 heavy (non-hydrogen) atoms. The van der Waals surface area contributed by atoms with Gasteiger partial charge in [0.15, 0.2) is 4.34 Å². The predicted molar refractivity (Wildman–Crippen MR) is 90.2 cm³/mol. The fourth-order valence-electron chi connectivity index (χ4n) is 1.90. The van der Waals surface area contributed by atoms with Crippen LogP contribution < -0.4 is 5.32 Å². The second-order valence-corrected chi connectivity index (χ2v) is 6.93. The zero-order valence-electron chi connectivity index (χ0n) is 12.2. The summed E-state index contributed by atoms with van der Waals surface area (Å²) in [7, 11) is 0. The van der Waals surface area contributed by atoms with E-state index in [0.29, 0.717) is 10.1 Å². The van der Waals surface area contributed by atoms with Gasteiger partial charge in [-0.15, -0.1) is 10.2 Å². The predicted octanol–water partition coefficient (Wildman–Crippen LogP) is 4.36. The lowest BCUT2D eigenvalue weighted by molar-refractivity contribution is 0.102. The van der Waals surface area contributed by atoms with Crippen LogP contribution in [0, 0.1) is 11.6 Å². The van der Waals surface area contributed by atoms with Gasteiger partial charge < -0.3 is 0 Å². The quantitative estimate of drug-likeness (QED) is 0.540. The highest BCUT2D eigenvalue weighted by molar-refractivity contribution is 8.00. The summed E-state index contributed by atoms with van der Waals surface area (Å²) in [4.78, 5) is 12.0. The van der Waals surface area contributed by atoms with Gasteiger partial charge in [0.05, 0.1) is 5.56 Å². The third-order valence-corrected chi connectivity index (χ3v) is 5.04. The lowest BCUT2D eigenvalue weighted by Crippen LogP contribution is -2.13. The number of hydrogen-bond donors (Lipinski definition) is 1. The molecule has 0 atom stereocenters. The van der Waals surface area contributed by atoms with Crippen molar-refractivity contribution in [1.29, 1.82) is 0 Å². The standard InChI is InChI=1S/C16H11F2N3OS2/c17-11-5-3-4-10(8-11)9-23-16-21-20-15(24-16)19-14(22)12-6-1-2-7-13(12)18/h1-8H,9H2,(H,19,20,22). The second-order valence-electron chi connectivity index (χ2n) is 4.73. The second kappa shape index (κ2) is 7.50. The molecule has 0 aliphatic rings. The van der Waals surface area contributed by atoms with Crippen LogP contribution in [0.1, 0.15) is 15.9 Å². The van der Waals surface area contributed by atoms with Gasteiger partial charge in [0.25, 0.3) is 5.91 Å². The molecular weight excluding hydrogens is 352 g/mol. The molecule has 2 aromatic carbocycles. The van der Waals surface area contributed by atoms with Crippen molar-refractivity contribution in [3.8, 4) is 0 Å². The van der Waals surface area contributed by atoms with Crippen molar-refractivity contribution in [3.05, 3.63) is 71.3 Å². The Balaban J connectivity index is 1.61. The summed E-state index contributed by atoms with van der Waals surface area (Å²) in [6, 6.07) is 12.0. The van der Waals surface area contributed by atoms with Crippen LogP contribution in [0.2, 0.25) is 0 Å². The molecule has 0 unspecified atom stereocenters. The molecule has 0 fully saturated rings. The summed E-state index contributed by atoms with van der Waals surface area (Å²) in [5.41, 5.74) is 0.772. The summed E-state index contributed by atoms with van der Waals surface area (Å²) in [5, 5.41) is 10.6. The van der Waals surface area contributed by atoms with Gasteiger partial charge in [-0.25, -0.2) is 8.78 Å². The van der Waals surface area contributed by atoms with Gasteiger partial charge in [0.2, 0.25) is 5.13 Å². The highest BCUT2D eigenvalue weighted by atomic mass is 32.2. The molecule has 1 aromatic heterocycles. The maximum absolute atomic E-state index is 13.6. The van der Waals surface area contributed by atoms with E-state index in [2.05, 4.69) is 15.5 Å². The maximum Gasteiger partial charge on any atom is 0.260 e. The highest BCUT2D eigenvalue weighted by Crippen LogP contribution is 2.28. The van der Waals surface area contributed by atoms with Crippen molar-refractivity contribution in [2.75, 3.05) is 5.32 Å². The summed E-state index contributed by atoms with van der Waals surface area (Å²) in [6.45, 7) is 0. The molecule has 4 nitrogen and oxygen atoms in total. The first kappa shape index (κ1) is 16.5. The first-order valence-corrected chi connectivity index (χ1v) is 8.68. The minimum atomic E-state index is -0.597. The van der Waals surface area contributed by atoms with Crippen molar-refractivity contribution < 1.29 is 13.6 Å². The normalized spacial score (nSPS) is 10.6. The number of thioether (sulfide) groups is 1. The largest absolute Gasteiger partial charge is 0.296 e. The van der Waals surface area contributed by atoms with E-state index in [4.69, 9.17) is 0 Å². The lowest BCUT2D eigenvalue weighted by atomic mass is 10.2. The van der Waals surface area contributed by atoms with Crippen LogP contribution in [0.3, 0.4) is 0 Å². The molecule has 0 saturated carbocycles. The van der Waals surface area contributed by atoms with E-state index in [1.54, 1.807) is 12.1 Å². The van der Waals surface area contributed by atoms with E-state index in [1.165, 1.54) is 53.4 Å². The monoisotopic (exact) mass is 363 g/mol. The number of carbonyl (C=O) groups excluding carboxylic acids is 1. The van der Waals surface area contributed by atoms with Crippen LogP contribution in [0.4, 0.5) is 13.9 Å². The molecule has 3 aromatic rings. The van der Waals surface area contributed by atoms with Gasteiger partial charge in [-0.05, 0) is 29.8 Å². The number of halogens is 2. The van der Waals surface area contributed by atoms with Crippen LogP contribution >= 0.6 is 23.1 Å². The Labute approximate surface area is 144 Å². The first-order valence-electron chi connectivity index (χ1n) is 6.88. The Morgan fingerprint density at radius 3 is 2.75 bits per heavy atom. The van der Waals surface area contributed by atoms with Crippen molar-refractivity contribution >= 4 is 34.1 Å². The number of nitrogens with zero attached hydrogens (tertiary/aromatic N) is 2. The lowest BCUT2D eigenvalue weighted by Gasteiger charge is -2.01. The van der Waals surface area contributed by atoms with Crippen molar-refractivity contribution in [2.45, 2.75) is 10.1 Å². The molecule has 0 spiro atoms. The van der Waals surface area contributed by atoms with Gasteiger partial charge >= 0.3 is 0 Å². The number of amides is 1. The molecule has 8 heteroatoms. The van der Waals surface area contributed by atoms with Gasteiger partial charge in [-0.1, -0.05) is 47.4 Å². The van der Waals surface area contributed by atoms with Crippen LogP contribution in [-0.2, 0) is 5.75 Å². The number of benzene rings is 2. The average Bonchev–Trinajstić information content (AvgIpc) is 3.01. The van der Waals surface area contributed by atoms with E-state index in [9.17, 15) is 13.6 Å². The van der Waals surface area contributed by atoms with Crippen molar-refractivity contribution in [3.63, 3.8) is 0 Å². The molecule has 0 aliphatic carbocycles. The van der Waals surface area contributed by atoms with Gasteiger partial charge in [-0.3, -0.25) is 10.1 Å². The number of carbonyl (C=O) groups is 1. The first-order chi connectivity index (χ1) is 11.6. The summed E-state index contributed by atoms with van der Waals surface area (Å²) >= 11 is 2.56. The molecule has 3 rings (SSSR count). The highest BCUT2D eigenvalue weighted by Gasteiger charge is 2.14. The topological polar surface area (TPSA) is 54.9 Å². The van der Waals surface area contributed by atoms with E-state index in [0.717, 1.165) is 5.56 Å². The van der Waals surface area contributed by atoms with Gasteiger partial charge in [-0.2, -0.15) is 0 Å². The van der Waals surface area contributed by atoms with E-state index >= 15 is 0 Å². The summed E-state index contributed by atoms with van der Waals surface area (Å²) < 4.78 is 27.3. The minimum Gasteiger partial charge on any atom is -0.296 e. The number of aromatic nitrogens is 2. The van der Waals surface area contributed by atoms with Crippen LogP contribution in [0.5, 0.6) is 0 Å². The Kier molecular flexibility index (Phi) is 5.17. The molecule has 0 radical (unpaired) electrons. The zero-order valence-corrected chi connectivity index (χ0v) is 13.8. The number of anilines is 1. The van der Waals surface area contributed by atoms with E-state index in [-0.39, 0.29) is 16.5 Å². The molecule has 0 saturated heterocycles. The Morgan fingerprint density at radius 1 is 1.12 bits per heavy atom. The third-order valence-electron chi connectivity index (χ3n) is 3.00. The van der Waals surface area contributed by atoms with E-state index < -0.39 is 11.7 Å². The third kappa shape index (κ3) is 4.15. The van der Waals surface area contributed by atoms with Gasteiger partial charge in [0, 0.05) is 5.75 Å². The Bertz CT molecular complexity index is 870. The minimum absolute atomic E-state index is 0.0540. The average molecular weight is 363 g/mol. The molecule has 122 valence electrons. The smallest absolute Gasteiger partial charge is 0.260 e. The van der Waals surface area contributed by atoms with Gasteiger partial charge in [0.1, 0.15) is 11.6 Å². The SMILES string of the molecule is O=C(Nc1nnc(SCc2cccc(F)c2)s1)c1ccccc1F. The fourth-order valence-corrected chi connectivity index (χ4v) is 3.59. The Hall–Kier alpha value is -2.32. The molecule has 1 amide bonds. The Morgan fingerprint density at radius 2 is 1.96 bits per heavy atom. The van der Waals surface area contributed by atoms with Crippen LogP contribution in [-0.4, -0.2) is 16.1 Å². The molecule has 0 bridgehead atoms. The van der Waals surface area contributed by atoms with Crippen LogP contribution in [0.25, 0.3) is 0 Å². The molecule has 1 heterocycles. The van der Waals surface area contributed by atoms with Crippen molar-refractivity contribution in [1.82, 2.24) is 10.2 Å². The maximum atomic E-state index is 13.6. The van der Waals surface area contributed by atoms with Crippen LogP contribution in [0.15, 0.2) is 52.9 Å². The molecule has 1 N–H and O–H groups in total. The molecule has 0 aliphatic heterocycles.